The maximum atomic E-state index is 12.7. The fourth-order valence-electron chi connectivity index (χ4n) is 3.77. The highest BCUT2D eigenvalue weighted by Gasteiger charge is 2.16. The summed E-state index contributed by atoms with van der Waals surface area (Å²) in [7, 11) is 3.97. The first kappa shape index (κ1) is 25.6. The van der Waals surface area contributed by atoms with Crippen LogP contribution in [0.4, 0.5) is 5.69 Å². The normalized spacial score (nSPS) is 10.7. The molecule has 0 aliphatic heterocycles. The van der Waals surface area contributed by atoms with Crippen molar-refractivity contribution in [2.24, 2.45) is 0 Å². The average molecular weight is 540 g/mol. The van der Waals surface area contributed by atoms with E-state index in [0.717, 1.165) is 39.2 Å². The molecule has 5 nitrogen and oxygen atoms in total. The summed E-state index contributed by atoms with van der Waals surface area (Å²) in [5, 5.41) is 2.99. The van der Waals surface area contributed by atoms with Crippen molar-refractivity contribution in [2.75, 3.05) is 32.9 Å². The van der Waals surface area contributed by atoms with Crippen molar-refractivity contribution < 1.29 is 4.79 Å². The van der Waals surface area contributed by atoms with Crippen LogP contribution in [0.5, 0.6) is 0 Å². The Bertz CT molecular complexity index is 1270. The molecule has 34 heavy (non-hydrogen) atoms. The maximum absolute atomic E-state index is 12.7. The van der Waals surface area contributed by atoms with Crippen LogP contribution in [-0.4, -0.2) is 42.6 Å². The van der Waals surface area contributed by atoms with E-state index in [1.807, 2.05) is 79.7 Å². The molecule has 3 aromatic carbocycles. The molecule has 0 atom stereocenters. The van der Waals surface area contributed by atoms with Gasteiger partial charge in [0, 0.05) is 23.1 Å². The average Bonchev–Trinajstić information content (AvgIpc) is 3.24. The smallest absolute Gasteiger partial charge is 0.251 e. The first-order chi connectivity index (χ1) is 15.9. The van der Waals surface area contributed by atoms with Crippen molar-refractivity contribution in [3.8, 4) is 28.2 Å². The van der Waals surface area contributed by atoms with E-state index in [4.69, 9.17) is 5.73 Å². The maximum Gasteiger partial charge on any atom is 0.251 e. The third-order valence-electron chi connectivity index (χ3n) is 5.46. The highest BCUT2D eigenvalue weighted by Crippen LogP contribution is 2.35. The van der Waals surface area contributed by atoms with Crippen molar-refractivity contribution in [3.05, 3.63) is 95.0 Å². The van der Waals surface area contributed by atoms with Crippen LogP contribution in [0.25, 0.3) is 28.2 Å². The Kier molecular flexibility index (Phi) is 8.56. The highest BCUT2D eigenvalue weighted by molar-refractivity contribution is 9.10. The van der Waals surface area contributed by atoms with Gasteiger partial charge in [0.05, 0.1) is 22.8 Å². The molecule has 0 aliphatic rings. The van der Waals surface area contributed by atoms with Crippen LogP contribution in [-0.2, 0) is 0 Å². The van der Waals surface area contributed by atoms with E-state index in [0.29, 0.717) is 17.8 Å². The summed E-state index contributed by atoms with van der Waals surface area (Å²) in [5.41, 5.74) is 12.6. The Balaban J connectivity index is 0.00000324. The number of hydrogen-bond acceptors (Lipinski definition) is 3. The number of nitrogens with two attached hydrogens (primary N) is 1. The summed E-state index contributed by atoms with van der Waals surface area (Å²) in [6, 6.07) is 27.9. The highest BCUT2D eigenvalue weighted by atomic mass is 79.9. The number of halogens is 2. The van der Waals surface area contributed by atoms with Gasteiger partial charge in [0.15, 0.2) is 0 Å². The molecule has 4 rings (SSSR count). The number of likely N-dealkylation sites (N-methyl/N-ethyl adjacent to an activating group) is 1. The molecular formula is C27H28BrClN4O. The molecule has 4 aromatic rings. The third-order valence-corrected chi connectivity index (χ3v) is 5.99. The summed E-state index contributed by atoms with van der Waals surface area (Å²) in [5.74, 6) is -0.0795. The van der Waals surface area contributed by atoms with Gasteiger partial charge in [0.1, 0.15) is 0 Å². The molecule has 0 aliphatic carbocycles. The van der Waals surface area contributed by atoms with Crippen LogP contribution in [0.2, 0.25) is 0 Å². The molecule has 1 heterocycles. The Labute approximate surface area is 215 Å². The van der Waals surface area contributed by atoms with Gasteiger partial charge in [-0.1, -0.05) is 52.3 Å². The summed E-state index contributed by atoms with van der Waals surface area (Å²) in [6.07, 6.45) is 0. The van der Waals surface area contributed by atoms with Crippen LogP contribution >= 0.6 is 28.3 Å². The van der Waals surface area contributed by atoms with Gasteiger partial charge in [-0.05, 0) is 73.8 Å². The summed E-state index contributed by atoms with van der Waals surface area (Å²) in [6.45, 7) is 1.39. The number of carbonyl (C=O) groups is 1. The minimum Gasteiger partial charge on any atom is -0.397 e. The number of carbonyl (C=O) groups excluding carboxylic acids is 1. The molecule has 0 fully saturated rings. The fourth-order valence-corrected chi connectivity index (χ4v) is 4.04. The number of hydrogen-bond donors (Lipinski definition) is 2. The predicted octanol–water partition coefficient (Wildman–Crippen LogP) is 5.87. The zero-order chi connectivity index (χ0) is 23.4. The molecule has 0 saturated heterocycles. The topological polar surface area (TPSA) is 63.3 Å². The van der Waals surface area contributed by atoms with Gasteiger partial charge in [-0.2, -0.15) is 0 Å². The van der Waals surface area contributed by atoms with Gasteiger partial charge >= 0.3 is 0 Å². The Morgan fingerprint density at radius 3 is 2.26 bits per heavy atom. The summed E-state index contributed by atoms with van der Waals surface area (Å²) < 4.78 is 3.18. The van der Waals surface area contributed by atoms with E-state index in [2.05, 4.69) is 50.1 Å². The number of amides is 1. The number of para-hydroxylation sites is 2. The van der Waals surface area contributed by atoms with Gasteiger partial charge in [0.25, 0.3) is 5.91 Å². The van der Waals surface area contributed by atoms with Crippen LogP contribution in [0, 0.1) is 0 Å². The Morgan fingerprint density at radius 2 is 1.59 bits per heavy atom. The number of nitrogens with zero attached hydrogens (tertiary/aromatic N) is 2. The minimum atomic E-state index is -0.0795. The lowest BCUT2D eigenvalue weighted by Crippen LogP contribution is -2.31. The Morgan fingerprint density at radius 1 is 0.912 bits per heavy atom. The summed E-state index contributed by atoms with van der Waals surface area (Å²) in [4.78, 5) is 14.8. The fraction of sp³-hybridized carbons (Fsp3) is 0.148. The van der Waals surface area contributed by atoms with Crippen molar-refractivity contribution in [1.29, 1.82) is 0 Å². The molecular weight excluding hydrogens is 512 g/mol. The first-order valence-electron chi connectivity index (χ1n) is 10.8. The van der Waals surface area contributed by atoms with Gasteiger partial charge in [-0.3, -0.25) is 4.79 Å². The quantitative estimate of drug-likeness (QED) is 0.289. The van der Waals surface area contributed by atoms with E-state index in [1.54, 1.807) is 0 Å². The van der Waals surface area contributed by atoms with Crippen LogP contribution in [0.15, 0.2) is 89.4 Å². The number of nitrogens with one attached hydrogen (secondary N) is 1. The van der Waals surface area contributed by atoms with Gasteiger partial charge < -0.3 is 20.5 Å². The monoisotopic (exact) mass is 538 g/mol. The number of benzene rings is 3. The molecule has 0 radical (unpaired) electrons. The Hall–Kier alpha value is -3.06. The number of rotatable bonds is 7. The lowest BCUT2D eigenvalue weighted by Gasteiger charge is -2.17. The molecule has 1 amide bonds. The van der Waals surface area contributed by atoms with Crippen molar-refractivity contribution in [3.63, 3.8) is 0 Å². The molecule has 0 spiro atoms. The molecule has 1 aromatic heterocycles. The largest absolute Gasteiger partial charge is 0.397 e. The van der Waals surface area contributed by atoms with E-state index in [-0.39, 0.29) is 18.3 Å². The van der Waals surface area contributed by atoms with Gasteiger partial charge in [-0.25, -0.2) is 0 Å². The molecule has 3 N–H and O–H groups in total. The third kappa shape index (κ3) is 5.70. The molecule has 0 unspecified atom stereocenters. The second-order valence-corrected chi connectivity index (χ2v) is 9.06. The van der Waals surface area contributed by atoms with Crippen LogP contribution in [0.3, 0.4) is 0 Å². The lowest BCUT2D eigenvalue weighted by molar-refractivity contribution is 0.0951. The van der Waals surface area contributed by atoms with E-state index >= 15 is 0 Å². The van der Waals surface area contributed by atoms with E-state index in [1.165, 1.54) is 0 Å². The zero-order valence-electron chi connectivity index (χ0n) is 19.2. The summed E-state index contributed by atoms with van der Waals surface area (Å²) >= 11 is 3.51. The molecule has 0 saturated carbocycles. The van der Waals surface area contributed by atoms with E-state index < -0.39 is 0 Å². The second kappa shape index (κ2) is 11.4. The number of anilines is 1. The van der Waals surface area contributed by atoms with Gasteiger partial charge in [0.2, 0.25) is 0 Å². The molecule has 7 heteroatoms. The molecule has 0 bridgehead atoms. The van der Waals surface area contributed by atoms with Crippen LogP contribution < -0.4 is 11.1 Å². The second-order valence-electron chi connectivity index (χ2n) is 8.14. The van der Waals surface area contributed by atoms with Gasteiger partial charge in [-0.15, -0.1) is 12.4 Å². The van der Waals surface area contributed by atoms with E-state index in [9.17, 15) is 4.79 Å². The standard InChI is InChI=1S/C27H27BrN4O.ClH/c1-31(2)17-16-30-27(33)21-7-5-6-20(18-21)25-15-14-24(19-10-12-22(28)13-11-19)32(25)26-9-4-3-8-23(26)29;/h3-15,18H,16-17,29H2,1-2H3,(H,30,33);1H. The van der Waals surface area contributed by atoms with Crippen molar-refractivity contribution in [2.45, 2.75) is 0 Å². The number of aromatic nitrogens is 1. The zero-order valence-corrected chi connectivity index (χ0v) is 21.6. The minimum absolute atomic E-state index is 0. The van der Waals surface area contributed by atoms with Crippen molar-refractivity contribution in [1.82, 2.24) is 14.8 Å². The molecule has 176 valence electrons. The number of nitrogen functional groups attached to an aromatic ring is 1. The van der Waals surface area contributed by atoms with Crippen molar-refractivity contribution >= 4 is 39.9 Å². The predicted molar refractivity (Wildman–Crippen MR) is 147 cm³/mol. The lowest BCUT2D eigenvalue weighted by atomic mass is 10.1. The van der Waals surface area contributed by atoms with Crippen LogP contribution in [0.1, 0.15) is 10.4 Å². The first-order valence-corrected chi connectivity index (χ1v) is 11.6. The SMILES string of the molecule is CN(C)CCNC(=O)c1cccc(-c2ccc(-c3ccc(Br)cc3)n2-c2ccccc2N)c1.Cl.